The fraction of sp³-hybridized carbons (Fsp3) is 0.536. The topological polar surface area (TPSA) is 165 Å². The number of nitrogens with two attached hydrogens (primary N) is 1. The predicted molar refractivity (Wildman–Crippen MR) is 153 cm³/mol. The molecule has 5 rings (SSSR count). The van der Waals surface area contributed by atoms with Crippen molar-refractivity contribution in [3.05, 3.63) is 45.2 Å². The van der Waals surface area contributed by atoms with Gasteiger partial charge in [0.05, 0.1) is 17.2 Å². The molecule has 0 bridgehead atoms. The van der Waals surface area contributed by atoms with Crippen LogP contribution in [0, 0.1) is 11.8 Å². The number of phenols is 1. The molecule has 10 nitrogen and oxygen atoms in total. The largest absolute Gasteiger partial charge is 0.508 e. The van der Waals surface area contributed by atoms with Crippen molar-refractivity contribution in [1.82, 2.24) is 9.80 Å². The minimum Gasteiger partial charge on any atom is -0.508 e. The number of aliphatic hydroxyl groups excluding tert-OH is 2. The highest BCUT2D eigenvalue weighted by molar-refractivity contribution is 6.24. The van der Waals surface area contributed by atoms with Crippen LogP contribution >= 0.6 is 24.8 Å². The first-order valence-corrected chi connectivity index (χ1v) is 13.4. The van der Waals surface area contributed by atoms with E-state index in [9.17, 15) is 48.0 Å². The monoisotopic (exact) mass is 651 g/mol. The molecule has 4 aliphatic rings. The fourth-order valence-corrected chi connectivity index (χ4v) is 7.22. The third kappa shape index (κ3) is 5.28. The number of carbonyl (C=O) groups is 3. The van der Waals surface area contributed by atoms with Crippen LogP contribution in [0.15, 0.2) is 23.0 Å². The van der Waals surface area contributed by atoms with Gasteiger partial charge < -0.3 is 26.2 Å². The van der Waals surface area contributed by atoms with E-state index in [1.165, 1.54) is 19.0 Å². The van der Waals surface area contributed by atoms with Gasteiger partial charge in [-0.3, -0.25) is 24.2 Å². The van der Waals surface area contributed by atoms with Crippen molar-refractivity contribution in [1.29, 1.82) is 0 Å². The molecular formula is C28H34Cl2F3N3O7. The summed E-state index contributed by atoms with van der Waals surface area (Å²) >= 11 is 0. The number of aromatic hydroxyl groups is 1. The molecule has 238 valence electrons. The zero-order valence-corrected chi connectivity index (χ0v) is 25.0. The Morgan fingerprint density at radius 2 is 1.72 bits per heavy atom. The molecule has 1 aliphatic heterocycles. The van der Waals surface area contributed by atoms with Crippen LogP contribution in [-0.2, 0) is 33.5 Å². The normalized spacial score (nSPS) is 27.7. The third-order valence-electron chi connectivity index (χ3n) is 8.93. The van der Waals surface area contributed by atoms with Crippen molar-refractivity contribution in [2.75, 3.05) is 27.2 Å². The van der Waals surface area contributed by atoms with Crippen molar-refractivity contribution in [3.8, 4) is 5.75 Å². The maximum atomic E-state index is 14.6. The molecule has 6 N–H and O–H groups in total. The van der Waals surface area contributed by atoms with Gasteiger partial charge in [0.2, 0.25) is 5.78 Å². The Morgan fingerprint density at radius 3 is 2.26 bits per heavy atom. The van der Waals surface area contributed by atoms with Crippen molar-refractivity contribution < 1.29 is 48.0 Å². The molecular weight excluding hydrogens is 618 g/mol. The molecule has 1 heterocycles. The molecule has 4 atom stereocenters. The number of aliphatic hydroxyl groups is 3. The fourth-order valence-electron chi connectivity index (χ4n) is 7.22. The van der Waals surface area contributed by atoms with E-state index in [-0.39, 0.29) is 48.9 Å². The summed E-state index contributed by atoms with van der Waals surface area (Å²) in [5.74, 6) is -8.92. The van der Waals surface area contributed by atoms with Gasteiger partial charge >= 0.3 is 6.18 Å². The lowest BCUT2D eigenvalue weighted by Crippen LogP contribution is -2.65. The number of phenolic OH excluding ortho intramolecular Hbond substituents is 1. The number of hydrogen-bond acceptors (Lipinski definition) is 9. The quantitative estimate of drug-likeness (QED) is 0.308. The van der Waals surface area contributed by atoms with Crippen molar-refractivity contribution in [2.45, 2.75) is 56.5 Å². The number of likely N-dealkylation sites (N-methyl/N-ethyl adjacent to an activating group) is 1. The van der Waals surface area contributed by atoms with Crippen LogP contribution in [0.1, 0.15) is 47.9 Å². The number of alkyl halides is 3. The van der Waals surface area contributed by atoms with Gasteiger partial charge in [-0.2, -0.15) is 13.2 Å². The zero-order chi connectivity index (χ0) is 30.2. The molecule has 3 aliphatic carbocycles. The van der Waals surface area contributed by atoms with E-state index in [1.54, 1.807) is 0 Å². The Bertz CT molecular complexity index is 1420. The first-order chi connectivity index (χ1) is 19.1. The lowest BCUT2D eigenvalue weighted by atomic mass is 9.57. The molecule has 2 fully saturated rings. The average Bonchev–Trinajstić information content (AvgIpc) is 2.85. The summed E-state index contributed by atoms with van der Waals surface area (Å²) in [6.07, 6.45) is -2.92. The van der Waals surface area contributed by atoms with E-state index in [1.807, 2.05) is 4.90 Å². The number of ketones is 2. The Kier molecular flexibility index (Phi) is 9.61. The minimum absolute atomic E-state index is 0. The number of carbonyl (C=O) groups excluding carboxylic acids is 3. The number of primary amides is 1. The van der Waals surface area contributed by atoms with Gasteiger partial charge in [0.15, 0.2) is 11.4 Å². The van der Waals surface area contributed by atoms with Crippen LogP contribution in [0.25, 0.3) is 5.76 Å². The Balaban J connectivity index is 0.00000253. The van der Waals surface area contributed by atoms with Crippen LogP contribution < -0.4 is 5.73 Å². The summed E-state index contributed by atoms with van der Waals surface area (Å²) in [7, 11) is 2.89. The number of benzene rings is 1. The Labute approximate surface area is 257 Å². The summed E-state index contributed by atoms with van der Waals surface area (Å²) in [5, 5.41) is 44.6. The number of piperidine rings is 1. The highest BCUT2D eigenvalue weighted by Gasteiger charge is 2.64. The summed E-state index contributed by atoms with van der Waals surface area (Å²) in [5.41, 5.74) is -1.13. The van der Waals surface area contributed by atoms with Crippen LogP contribution in [0.2, 0.25) is 0 Å². The molecule has 1 aromatic carbocycles. The number of Topliss-reactive ketones (excluding diaryl/α,β-unsaturated/α-hetero) is 2. The lowest BCUT2D eigenvalue weighted by Gasteiger charge is -2.50. The highest BCUT2D eigenvalue weighted by atomic mass is 35.5. The number of likely N-dealkylation sites (tertiary alicyclic amines) is 1. The van der Waals surface area contributed by atoms with Gasteiger partial charge in [0.25, 0.3) is 5.91 Å². The molecule has 0 unspecified atom stereocenters. The van der Waals surface area contributed by atoms with Gasteiger partial charge in [0.1, 0.15) is 22.8 Å². The molecule has 0 radical (unpaired) electrons. The second-order valence-corrected chi connectivity index (χ2v) is 11.6. The molecule has 1 saturated heterocycles. The number of halogens is 5. The van der Waals surface area contributed by atoms with E-state index >= 15 is 0 Å². The van der Waals surface area contributed by atoms with Crippen LogP contribution in [0.3, 0.4) is 0 Å². The number of fused-ring (bicyclic) bond motifs is 3. The van der Waals surface area contributed by atoms with Crippen molar-refractivity contribution in [3.63, 3.8) is 0 Å². The van der Waals surface area contributed by atoms with Gasteiger partial charge in [-0.1, -0.05) is 6.42 Å². The van der Waals surface area contributed by atoms with Crippen LogP contribution in [0.5, 0.6) is 5.75 Å². The maximum Gasteiger partial charge on any atom is 0.417 e. The number of amides is 1. The van der Waals surface area contributed by atoms with Crippen LogP contribution in [-0.4, -0.2) is 86.5 Å². The van der Waals surface area contributed by atoms with Gasteiger partial charge in [-0.15, -0.1) is 24.8 Å². The van der Waals surface area contributed by atoms with Gasteiger partial charge in [0, 0.05) is 18.0 Å². The molecule has 1 saturated carbocycles. The summed E-state index contributed by atoms with van der Waals surface area (Å²) in [6, 6.07) is -0.379. The first-order valence-electron chi connectivity index (χ1n) is 13.4. The molecule has 15 heteroatoms. The zero-order valence-electron chi connectivity index (χ0n) is 23.4. The minimum atomic E-state index is -4.86. The van der Waals surface area contributed by atoms with E-state index in [2.05, 4.69) is 0 Å². The molecule has 0 aromatic heterocycles. The number of hydrogen-bond donors (Lipinski definition) is 5. The highest BCUT2D eigenvalue weighted by Crippen LogP contribution is 2.54. The second-order valence-electron chi connectivity index (χ2n) is 11.6. The van der Waals surface area contributed by atoms with Gasteiger partial charge in [-0.05, 0) is 76.0 Å². The van der Waals surface area contributed by atoms with Crippen LogP contribution in [0.4, 0.5) is 13.2 Å². The predicted octanol–water partition coefficient (Wildman–Crippen LogP) is 2.81. The molecule has 1 amide bonds. The maximum absolute atomic E-state index is 14.6. The third-order valence-corrected chi connectivity index (χ3v) is 8.93. The Morgan fingerprint density at radius 1 is 1.12 bits per heavy atom. The lowest BCUT2D eigenvalue weighted by molar-refractivity contribution is -0.153. The molecule has 0 spiro atoms. The summed E-state index contributed by atoms with van der Waals surface area (Å²) in [4.78, 5) is 42.3. The Hall–Kier alpha value is -2.84. The first kappa shape index (κ1) is 34.6. The molecule has 1 aromatic rings. The summed E-state index contributed by atoms with van der Waals surface area (Å²) in [6.45, 7) is 1.14. The molecule has 43 heavy (non-hydrogen) atoms. The van der Waals surface area contributed by atoms with E-state index in [4.69, 9.17) is 5.73 Å². The van der Waals surface area contributed by atoms with Crippen molar-refractivity contribution in [2.24, 2.45) is 17.6 Å². The second kappa shape index (κ2) is 11.9. The van der Waals surface area contributed by atoms with E-state index in [0.717, 1.165) is 25.3 Å². The SMILES string of the molecule is CN(C)[C@@H]1C(=O)C(C(N)=O)=C(O)[C@@]2(O)C(=O)C3=C(O)c4c(O)cc(CN5CCCCC5)c(C(F)(F)F)c4C[C@H]3C[C@@H]12.Cl.Cl. The number of rotatable bonds is 4. The standard InChI is InChI=1S/C28H32F3N3O7.2ClH/c1-33(2)21-15-9-12-8-14-18(16(35)10-13(20(14)28(29,30)31)11-34-6-4-3-5-7-34)22(36)17(12)24(38)27(15,41)25(39)19(23(21)37)26(32)40;;/h10,12,15,21,35-36,39,41H,3-9,11H2,1-2H3,(H2,32,40);2*1H/t12-,15-,21-,27-;;/m0../s1. The van der Waals surface area contributed by atoms with E-state index < -0.39 is 93.1 Å². The summed E-state index contributed by atoms with van der Waals surface area (Å²) < 4.78 is 43.9. The van der Waals surface area contributed by atoms with Gasteiger partial charge in [-0.25, -0.2) is 0 Å². The average molecular weight is 652 g/mol. The number of nitrogens with zero attached hydrogens (tertiary/aromatic N) is 2. The van der Waals surface area contributed by atoms with E-state index in [0.29, 0.717) is 13.1 Å². The van der Waals surface area contributed by atoms with Crippen molar-refractivity contribution >= 4 is 48.0 Å². The smallest absolute Gasteiger partial charge is 0.417 e.